The Hall–Kier alpha value is -0.490. The zero-order valence-corrected chi connectivity index (χ0v) is 18.7. The molecule has 0 bridgehead atoms. The molecule has 0 aromatic carbocycles. The van der Waals surface area contributed by atoms with E-state index in [0.29, 0.717) is 36.2 Å². The van der Waals surface area contributed by atoms with Gasteiger partial charge in [-0.1, -0.05) is 6.92 Å². The second kappa shape index (κ2) is 8.22. The molecule has 0 unspecified atom stereocenters. The number of hydrogen-bond acceptors (Lipinski definition) is 5. The molecule has 4 saturated carbocycles. The van der Waals surface area contributed by atoms with Crippen molar-refractivity contribution < 1.29 is 24.1 Å². The smallest absolute Gasteiger partial charge is 0.146 e. The van der Waals surface area contributed by atoms with Crippen LogP contribution in [-0.2, 0) is 19.0 Å². The number of aliphatic hydroxyl groups excluding tert-OH is 1. The van der Waals surface area contributed by atoms with Gasteiger partial charge in [0, 0.05) is 26.2 Å². The molecule has 166 valence electrons. The van der Waals surface area contributed by atoms with E-state index >= 15 is 0 Å². The summed E-state index contributed by atoms with van der Waals surface area (Å²) in [6.45, 7) is 4.77. The summed E-state index contributed by atoms with van der Waals surface area (Å²) in [6, 6.07) is 0. The number of ether oxygens (including phenoxy) is 3. The summed E-state index contributed by atoms with van der Waals surface area (Å²) in [7, 11) is 3.48. The predicted molar refractivity (Wildman–Crippen MR) is 110 cm³/mol. The van der Waals surface area contributed by atoms with Crippen LogP contribution in [0.25, 0.3) is 0 Å². The zero-order chi connectivity index (χ0) is 20.8. The molecule has 4 aliphatic rings. The molecule has 0 heterocycles. The maximum Gasteiger partial charge on any atom is 0.146 e. The Labute approximate surface area is 175 Å². The normalized spacial score (nSPS) is 49.2. The van der Waals surface area contributed by atoms with Crippen molar-refractivity contribution in [1.82, 2.24) is 0 Å². The number of ketones is 1. The minimum atomic E-state index is -0.265. The van der Waals surface area contributed by atoms with Gasteiger partial charge in [-0.2, -0.15) is 0 Å². The van der Waals surface area contributed by atoms with E-state index in [1.807, 2.05) is 7.11 Å². The van der Waals surface area contributed by atoms with Gasteiger partial charge in [0.25, 0.3) is 0 Å². The number of Topliss-reactive ketones (excluding diaryl/α,β-unsaturated/α-hetero) is 1. The minimum absolute atomic E-state index is 0.110. The van der Waals surface area contributed by atoms with Gasteiger partial charge < -0.3 is 19.3 Å². The Kier molecular flexibility index (Phi) is 6.16. The van der Waals surface area contributed by atoms with Crippen molar-refractivity contribution in [1.29, 1.82) is 0 Å². The maximum absolute atomic E-state index is 12.9. The van der Waals surface area contributed by atoms with E-state index in [4.69, 9.17) is 14.2 Å². The van der Waals surface area contributed by atoms with Gasteiger partial charge in [0.15, 0.2) is 0 Å². The van der Waals surface area contributed by atoms with Gasteiger partial charge in [-0.3, -0.25) is 4.79 Å². The van der Waals surface area contributed by atoms with Gasteiger partial charge in [-0.05, 0) is 93.3 Å². The molecular weight excluding hydrogens is 368 g/mol. The largest absolute Gasteiger partial charge is 0.396 e. The molecule has 0 spiro atoms. The Morgan fingerprint density at radius 1 is 1.07 bits per heavy atom. The second-order valence-electron chi connectivity index (χ2n) is 10.6. The highest BCUT2D eigenvalue weighted by Crippen LogP contribution is 2.67. The predicted octanol–water partition coefficient (Wildman–Crippen LogP) is 3.82. The molecule has 0 aromatic rings. The first-order chi connectivity index (χ1) is 13.9. The lowest BCUT2D eigenvalue weighted by molar-refractivity contribution is -0.197. The molecule has 4 aliphatic carbocycles. The van der Waals surface area contributed by atoms with Crippen LogP contribution in [0.5, 0.6) is 0 Å². The van der Waals surface area contributed by atoms with E-state index in [1.165, 1.54) is 12.8 Å². The highest BCUT2D eigenvalue weighted by atomic mass is 16.7. The summed E-state index contributed by atoms with van der Waals surface area (Å²) in [6.07, 6.45) is 8.94. The Bertz CT molecular complexity index is 608. The van der Waals surface area contributed by atoms with Gasteiger partial charge in [-0.25, -0.2) is 0 Å². The SMILES string of the molecule is COCO[C@H]1C[C@@H]2CC[C@@H]3[C@H](CC[C@]4(C(C)=O)[C@@H](CO)CC[C@@H]34)[C@@]2(C)C[C@@H]1OC. The van der Waals surface area contributed by atoms with Crippen molar-refractivity contribution in [2.45, 2.75) is 77.4 Å². The van der Waals surface area contributed by atoms with E-state index in [2.05, 4.69) is 6.92 Å². The van der Waals surface area contributed by atoms with Crippen LogP contribution in [0.2, 0.25) is 0 Å². The molecule has 4 fully saturated rings. The molecular formula is C24H40O5. The monoisotopic (exact) mass is 408 g/mol. The fraction of sp³-hybridized carbons (Fsp3) is 0.958. The first-order valence-corrected chi connectivity index (χ1v) is 11.7. The number of aliphatic hydroxyl groups is 1. The molecule has 0 radical (unpaired) electrons. The Balaban J connectivity index is 1.59. The Morgan fingerprint density at radius 3 is 2.52 bits per heavy atom. The first-order valence-electron chi connectivity index (χ1n) is 11.7. The number of carbonyl (C=O) groups excluding carboxylic acids is 1. The van der Waals surface area contributed by atoms with E-state index in [9.17, 15) is 9.90 Å². The fourth-order valence-electron chi connectivity index (χ4n) is 8.57. The number of methoxy groups -OCH3 is 2. The summed E-state index contributed by atoms with van der Waals surface area (Å²) in [4.78, 5) is 12.9. The van der Waals surface area contributed by atoms with E-state index in [-0.39, 0.29) is 35.6 Å². The Morgan fingerprint density at radius 2 is 1.86 bits per heavy atom. The van der Waals surface area contributed by atoms with Crippen molar-refractivity contribution in [2.24, 2.45) is 40.4 Å². The van der Waals surface area contributed by atoms with Crippen molar-refractivity contribution in [2.75, 3.05) is 27.6 Å². The van der Waals surface area contributed by atoms with Crippen LogP contribution < -0.4 is 0 Å². The van der Waals surface area contributed by atoms with Crippen LogP contribution in [-0.4, -0.2) is 50.7 Å². The lowest BCUT2D eigenvalue weighted by Gasteiger charge is -2.62. The van der Waals surface area contributed by atoms with Crippen LogP contribution in [0.15, 0.2) is 0 Å². The van der Waals surface area contributed by atoms with Crippen molar-refractivity contribution in [3.63, 3.8) is 0 Å². The van der Waals surface area contributed by atoms with Gasteiger partial charge >= 0.3 is 0 Å². The third kappa shape index (κ3) is 3.22. The van der Waals surface area contributed by atoms with Crippen LogP contribution in [0.4, 0.5) is 0 Å². The molecule has 1 N–H and O–H groups in total. The molecule has 0 saturated heterocycles. The van der Waals surface area contributed by atoms with Gasteiger partial charge in [-0.15, -0.1) is 0 Å². The number of hydrogen-bond donors (Lipinski definition) is 1. The van der Waals surface area contributed by atoms with Crippen molar-refractivity contribution in [3.8, 4) is 0 Å². The maximum atomic E-state index is 12.9. The first kappa shape index (κ1) is 21.7. The quantitative estimate of drug-likeness (QED) is 0.677. The molecule has 9 atom stereocenters. The molecule has 29 heavy (non-hydrogen) atoms. The summed E-state index contributed by atoms with van der Waals surface area (Å²) >= 11 is 0. The summed E-state index contributed by atoms with van der Waals surface area (Å²) in [5, 5.41) is 10.0. The van der Waals surface area contributed by atoms with Crippen LogP contribution in [0.3, 0.4) is 0 Å². The summed E-state index contributed by atoms with van der Waals surface area (Å²) < 4.78 is 17.1. The molecule has 5 nitrogen and oxygen atoms in total. The fourth-order valence-corrected chi connectivity index (χ4v) is 8.57. The molecule has 5 heteroatoms. The van der Waals surface area contributed by atoms with Crippen molar-refractivity contribution in [3.05, 3.63) is 0 Å². The van der Waals surface area contributed by atoms with E-state index in [0.717, 1.165) is 38.5 Å². The van der Waals surface area contributed by atoms with Crippen LogP contribution in [0.1, 0.15) is 65.2 Å². The standard InChI is InChI=1S/C24H40O5/c1-15(26)24-10-9-19-18(20(24)8-6-17(24)13-25)7-5-16-11-21(29-14-27-3)22(28-4)12-23(16,19)2/h16-22,25H,5-14H2,1-4H3/t16-,17+,18+,19-,20-,21-,22-,23-,24-/m0/s1. The van der Waals surface area contributed by atoms with Gasteiger partial charge in [0.2, 0.25) is 0 Å². The molecule has 0 amide bonds. The summed E-state index contributed by atoms with van der Waals surface area (Å²) in [5.74, 6) is 2.86. The molecule has 4 rings (SSSR count). The number of rotatable bonds is 6. The highest BCUT2D eigenvalue weighted by molar-refractivity contribution is 5.83. The topological polar surface area (TPSA) is 65.0 Å². The van der Waals surface area contributed by atoms with Gasteiger partial charge in [0.05, 0.1) is 12.2 Å². The number of fused-ring (bicyclic) bond motifs is 5. The third-order valence-corrected chi connectivity index (χ3v) is 9.90. The zero-order valence-electron chi connectivity index (χ0n) is 18.7. The van der Waals surface area contributed by atoms with E-state index < -0.39 is 0 Å². The number of carbonyl (C=O) groups is 1. The second-order valence-corrected chi connectivity index (χ2v) is 10.6. The minimum Gasteiger partial charge on any atom is -0.396 e. The highest BCUT2D eigenvalue weighted by Gasteiger charge is 2.64. The summed E-state index contributed by atoms with van der Waals surface area (Å²) in [5.41, 5.74) is -0.0185. The molecule has 0 aromatic heterocycles. The lowest BCUT2D eigenvalue weighted by Crippen LogP contribution is -2.58. The lowest BCUT2D eigenvalue weighted by atomic mass is 9.43. The third-order valence-electron chi connectivity index (χ3n) is 9.90. The van der Waals surface area contributed by atoms with Crippen LogP contribution in [0, 0.1) is 40.4 Å². The molecule has 0 aliphatic heterocycles. The van der Waals surface area contributed by atoms with Crippen LogP contribution >= 0.6 is 0 Å². The van der Waals surface area contributed by atoms with Crippen molar-refractivity contribution >= 4 is 5.78 Å². The average Bonchev–Trinajstić information content (AvgIpc) is 3.11. The van der Waals surface area contributed by atoms with E-state index in [1.54, 1.807) is 14.0 Å². The average molecular weight is 409 g/mol. The van der Waals surface area contributed by atoms with Gasteiger partial charge in [0.1, 0.15) is 12.6 Å².